The number of primary amides is 1. The predicted octanol–water partition coefficient (Wildman–Crippen LogP) is 4.15. The molecule has 0 bridgehead atoms. The van der Waals surface area contributed by atoms with Crippen molar-refractivity contribution in [3.8, 4) is 0 Å². The Kier molecular flexibility index (Phi) is 10.1. The van der Waals surface area contributed by atoms with Gasteiger partial charge in [0.05, 0.1) is 22.3 Å². The average molecular weight is 590 g/mol. The van der Waals surface area contributed by atoms with E-state index < -0.39 is 23.6 Å². The Balaban J connectivity index is 1.35. The number of rotatable bonds is 10. The molecule has 4 rings (SSSR count). The molecule has 0 aromatic heterocycles. The first-order chi connectivity index (χ1) is 19.2. The molecule has 0 aliphatic carbocycles. The molecular formula is C28H27Cl2F2N5O3. The number of para-hydroxylation sites is 1. The highest BCUT2D eigenvalue weighted by Crippen LogP contribution is 2.29. The summed E-state index contributed by atoms with van der Waals surface area (Å²) < 4.78 is 26.9. The summed E-state index contributed by atoms with van der Waals surface area (Å²) in [5.41, 5.74) is 7.59. The summed E-state index contributed by atoms with van der Waals surface area (Å²) in [6.07, 6.45) is 0. The SMILES string of the molecule is NC(=O)C1CN(CCON=C(c2ccc(F)cc2)c2ccc(F)cc2)CCN1CC(=O)Nc1c(Cl)cccc1Cl. The first kappa shape index (κ1) is 29.4. The molecule has 1 aliphatic heterocycles. The molecule has 2 amide bonds. The summed E-state index contributed by atoms with van der Waals surface area (Å²) in [5.74, 6) is -1.71. The van der Waals surface area contributed by atoms with Gasteiger partial charge in [0, 0.05) is 37.3 Å². The second-order valence-corrected chi connectivity index (χ2v) is 9.94. The van der Waals surface area contributed by atoms with Gasteiger partial charge in [-0.15, -0.1) is 0 Å². The Hall–Kier alpha value is -3.57. The normalized spacial score (nSPS) is 15.8. The van der Waals surface area contributed by atoms with Gasteiger partial charge in [-0.05, 0) is 60.7 Å². The molecule has 0 spiro atoms. The maximum absolute atomic E-state index is 13.4. The van der Waals surface area contributed by atoms with Crippen molar-refractivity contribution in [2.24, 2.45) is 10.9 Å². The van der Waals surface area contributed by atoms with E-state index in [1.54, 1.807) is 47.4 Å². The Morgan fingerprint density at radius 2 is 1.52 bits per heavy atom. The van der Waals surface area contributed by atoms with E-state index in [1.165, 1.54) is 24.3 Å². The monoisotopic (exact) mass is 589 g/mol. The zero-order valence-electron chi connectivity index (χ0n) is 21.3. The van der Waals surface area contributed by atoms with Crippen LogP contribution in [0.4, 0.5) is 14.5 Å². The van der Waals surface area contributed by atoms with E-state index in [0.29, 0.717) is 58.8 Å². The van der Waals surface area contributed by atoms with Crippen LogP contribution >= 0.6 is 23.2 Å². The third-order valence-electron chi connectivity index (χ3n) is 6.37. The average Bonchev–Trinajstić information content (AvgIpc) is 2.93. The molecule has 3 N–H and O–H groups in total. The van der Waals surface area contributed by atoms with Crippen LogP contribution in [-0.4, -0.2) is 72.7 Å². The minimum absolute atomic E-state index is 0.0670. The van der Waals surface area contributed by atoms with E-state index in [1.807, 2.05) is 4.90 Å². The molecule has 1 heterocycles. The summed E-state index contributed by atoms with van der Waals surface area (Å²) in [4.78, 5) is 34.2. The second-order valence-electron chi connectivity index (χ2n) is 9.12. The van der Waals surface area contributed by atoms with Crippen LogP contribution < -0.4 is 11.1 Å². The Morgan fingerprint density at radius 1 is 0.950 bits per heavy atom. The number of carbonyl (C=O) groups is 2. The van der Waals surface area contributed by atoms with Crippen LogP contribution in [0.25, 0.3) is 0 Å². The fourth-order valence-electron chi connectivity index (χ4n) is 4.29. The lowest BCUT2D eigenvalue weighted by molar-refractivity contribution is -0.127. The first-order valence-electron chi connectivity index (χ1n) is 12.4. The van der Waals surface area contributed by atoms with Crippen molar-refractivity contribution in [3.05, 3.63) is 99.5 Å². The molecule has 0 radical (unpaired) electrons. The summed E-state index contributed by atoms with van der Waals surface area (Å²) in [5, 5.41) is 7.55. The molecule has 1 unspecified atom stereocenters. The van der Waals surface area contributed by atoms with Gasteiger partial charge in [-0.2, -0.15) is 0 Å². The van der Waals surface area contributed by atoms with E-state index in [-0.39, 0.29) is 19.1 Å². The zero-order chi connectivity index (χ0) is 28.6. The van der Waals surface area contributed by atoms with E-state index >= 15 is 0 Å². The summed E-state index contributed by atoms with van der Waals surface area (Å²) >= 11 is 12.3. The number of carbonyl (C=O) groups excluding carboxylic acids is 2. The third kappa shape index (κ3) is 7.76. The van der Waals surface area contributed by atoms with Crippen LogP contribution in [0.2, 0.25) is 10.0 Å². The highest BCUT2D eigenvalue weighted by molar-refractivity contribution is 6.39. The number of anilines is 1. The summed E-state index contributed by atoms with van der Waals surface area (Å²) in [7, 11) is 0. The van der Waals surface area contributed by atoms with Crippen molar-refractivity contribution >= 4 is 46.4 Å². The number of nitrogens with zero attached hydrogens (tertiary/aromatic N) is 3. The highest BCUT2D eigenvalue weighted by Gasteiger charge is 2.32. The van der Waals surface area contributed by atoms with E-state index in [0.717, 1.165) is 0 Å². The summed E-state index contributed by atoms with van der Waals surface area (Å²) in [6, 6.07) is 15.7. The predicted molar refractivity (Wildman–Crippen MR) is 150 cm³/mol. The number of nitrogens with one attached hydrogen (secondary N) is 1. The van der Waals surface area contributed by atoms with Crippen molar-refractivity contribution in [3.63, 3.8) is 0 Å². The molecule has 3 aromatic rings. The molecule has 1 atom stereocenters. The lowest BCUT2D eigenvalue weighted by atomic mass is 10.0. The molecule has 1 fully saturated rings. The van der Waals surface area contributed by atoms with Crippen molar-refractivity contribution in [2.75, 3.05) is 44.6 Å². The van der Waals surface area contributed by atoms with E-state index in [2.05, 4.69) is 10.5 Å². The first-order valence-corrected chi connectivity index (χ1v) is 13.2. The van der Waals surface area contributed by atoms with Gasteiger partial charge >= 0.3 is 0 Å². The van der Waals surface area contributed by atoms with Crippen LogP contribution in [0.15, 0.2) is 71.9 Å². The molecule has 1 saturated heterocycles. The molecule has 40 heavy (non-hydrogen) atoms. The fourth-order valence-corrected chi connectivity index (χ4v) is 4.78. The quantitative estimate of drug-likeness (QED) is 0.210. The molecular weight excluding hydrogens is 563 g/mol. The molecule has 0 saturated carbocycles. The molecule has 210 valence electrons. The number of piperazine rings is 1. The van der Waals surface area contributed by atoms with Gasteiger partial charge in [-0.25, -0.2) is 8.78 Å². The lowest BCUT2D eigenvalue weighted by Crippen LogP contribution is -2.59. The lowest BCUT2D eigenvalue weighted by Gasteiger charge is -2.39. The maximum atomic E-state index is 13.4. The minimum Gasteiger partial charge on any atom is -0.394 e. The third-order valence-corrected chi connectivity index (χ3v) is 7.00. The number of benzene rings is 3. The number of hydrogen-bond acceptors (Lipinski definition) is 6. The van der Waals surface area contributed by atoms with Gasteiger partial charge in [0.2, 0.25) is 11.8 Å². The van der Waals surface area contributed by atoms with Gasteiger partial charge in [0.15, 0.2) is 0 Å². The van der Waals surface area contributed by atoms with Crippen molar-refractivity contribution in [1.82, 2.24) is 9.80 Å². The van der Waals surface area contributed by atoms with E-state index in [9.17, 15) is 18.4 Å². The van der Waals surface area contributed by atoms with Gasteiger partial charge in [0.25, 0.3) is 0 Å². The Bertz CT molecular complexity index is 1310. The van der Waals surface area contributed by atoms with Crippen LogP contribution in [-0.2, 0) is 14.4 Å². The van der Waals surface area contributed by atoms with Gasteiger partial charge < -0.3 is 15.9 Å². The molecule has 1 aliphatic rings. The molecule has 3 aromatic carbocycles. The van der Waals surface area contributed by atoms with Gasteiger partial charge in [-0.1, -0.05) is 34.4 Å². The molecule has 8 nitrogen and oxygen atoms in total. The number of oxime groups is 1. The van der Waals surface area contributed by atoms with Crippen LogP contribution in [0.5, 0.6) is 0 Å². The minimum atomic E-state index is -0.696. The standard InChI is InChI=1S/C28H27Cl2F2N5O3/c29-22-2-1-3-23(30)27(22)34-25(38)17-37-13-12-36(16-24(37)28(33)39)14-15-40-35-26(18-4-8-20(31)9-5-18)19-6-10-21(32)11-7-19/h1-11,24H,12-17H2,(H2,33,39)(H,34,38). The van der Waals surface area contributed by atoms with Crippen LogP contribution in [0, 0.1) is 11.6 Å². The number of amides is 2. The highest BCUT2D eigenvalue weighted by atomic mass is 35.5. The fraction of sp³-hybridized carbons (Fsp3) is 0.250. The smallest absolute Gasteiger partial charge is 0.238 e. The topological polar surface area (TPSA) is 100 Å². The van der Waals surface area contributed by atoms with Crippen molar-refractivity contribution in [2.45, 2.75) is 6.04 Å². The summed E-state index contributed by atoms with van der Waals surface area (Å²) in [6.45, 7) is 1.82. The van der Waals surface area contributed by atoms with Crippen LogP contribution in [0.3, 0.4) is 0 Å². The largest absolute Gasteiger partial charge is 0.394 e. The molecule has 12 heteroatoms. The zero-order valence-corrected chi connectivity index (χ0v) is 22.8. The number of halogens is 4. The Morgan fingerprint density at radius 3 is 2.08 bits per heavy atom. The van der Waals surface area contributed by atoms with Crippen LogP contribution in [0.1, 0.15) is 11.1 Å². The van der Waals surface area contributed by atoms with E-state index in [4.69, 9.17) is 33.8 Å². The van der Waals surface area contributed by atoms with Crippen molar-refractivity contribution in [1.29, 1.82) is 0 Å². The van der Waals surface area contributed by atoms with Crippen molar-refractivity contribution < 1.29 is 23.2 Å². The number of nitrogens with two attached hydrogens (primary N) is 1. The van der Waals surface area contributed by atoms with Gasteiger partial charge in [0.1, 0.15) is 30.0 Å². The van der Waals surface area contributed by atoms with Gasteiger partial charge in [-0.3, -0.25) is 19.4 Å². The maximum Gasteiger partial charge on any atom is 0.238 e. The number of hydrogen-bond donors (Lipinski definition) is 2. The second kappa shape index (κ2) is 13.7. The Labute approximate surface area is 240 Å².